The van der Waals surface area contributed by atoms with Crippen LogP contribution in [-0.2, 0) is 25.5 Å². The average Bonchev–Trinajstić information content (AvgIpc) is 3.03. The van der Waals surface area contributed by atoms with Gasteiger partial charge >= 0.3 is 12.1 Å². The molecule has 1 heterocycles. The molecule has 0 radical (unpaired) electrons. The highest BCUT2D eigenvalue weighted by molar-refractivity contribution is 5.89. The first-order valence-electron chi connectivity index (χ1n) is 8.19. The number of fused-ring (bicyclic) bond motifs is 1. The molecule has 0 aromatic heterocycles. The SMILES string of the molecule is COC(=O)C1=COC(OC(=O)NCc2ccccc2)C2C(C)=CCC12. The third-order valence-corrected chi connectivity index (χ3v) is 4.60. The first-order valence-corrected chi connectivity index (χ1v) is 8.19. The molecule has 0 spiro atoms. The van der Waals surface area contributed by atoms with E-state index in [1.165, 1.54) is 13.4 Å². The molecule has 1 N–H and O–H groups in total. The van der Waals surface area contributed by atoms with Gasteiger partial charge in [0.2, 0.25) is 0 Å². The minimum Gasteiger partial charge on any atom is -0.466 e. The van der Waals surface area contributed by atoms with Gasteiger partial charge in [-0.2, -0.15) is 0 Å². The number of carbonyl (C=O) groups is 2. The maximum absolute atomic E-state index is 12.1. The second-order valence-corrected chi connectivity index (χ2v) is 6.13. The molecule has 3 rings (SSSR count). The van der Waals surface area contributed by atoms with Gasteiger partial charge in [0.15, 0.2) is 0 Å². The van der Waals surface area contributed by atoms with Crippen LogP contribution in [0.1, 0.15) is 18.9 Å². The highest BCUT2D eigenvalue weighted by atomic mass is 16.7. The molecule has 3 unspecified atom stereocenters. The number of hydrogen-bond donors (Lipinski definition) is 1. The first kappa shape index (κ1) is 17.1. The molecule has 25 heavy (non-hydrogen) atoms. The largest absolute Gasteiger partial charge is 0.466 e. The number of esters is 1. The lowest BCUT2D eigenvalue weighted by molar-refractivity contribution is -0.141. The van der Waals surface area contributed by atoms with Gasteiger partial charge in [0.25, 0.3) is 6.29 Å². The Morgan fingerprint density at radius 2 is 2.04 bits per heavy atom. The number of alkyl carbamates (subject to hydrolysis) is 1. The maximum Gasteiger partial charge on any atom is 0.410 e. The smallest absolute Gasteiger partial charge is 0.410 e. The minimum atomic E-state index is -0.757. The zero-order valence-corrected chi connectivity index (χ0v) is 14.2. The molecule has 132 valence electrons. The van der Waals surface area contributed by atoms with Crippen molar-refractivity contribution in [3.05, 3.63) is 59.4 Å². The number of carbonyl (C=O) groups excluding carboxylic acids is 2. The highest BCUT2D eigenvalue weighted by Crippen LogP contribution is 2.43. The molecule has 3 atom stereocenters. The zero-order valence-electron chi connectivity index (χ0n) is 14.2. The Labute approximate surface area is 146 Å². The Balaban J connectivity index is 1.64. The van der Waals surface area contributed by atoms with Crippen molar-refractivity contribution >= 4 is 12.1 Å². The van der Waals surface area contributed by atoms with Crippen LogP contribution in [0.3, 0.4) is 0 Å². The number of rotatable bonds is 4. The molecule has 0 fully saturated rings. The molecule has 0 saturated carbocycles. The van der Waals surface area contributed by atoms with Crippen molar-refractivity contribution in [3.63, 3.8) is 0 Å². The van der Waals surface area contributed by atoms with E-state index in [-0.39, 0.29) is 11.8 Å². The fourth-order valence-corrected chi connectivity index (χ4v) is 3.29. The van der Waals surface area contributed by atoms with E-state index in [0.29, 0.717) is 18.5 Å². The van der Waals surface area contributed by atoms with Crippen molar-refractivity contribution in [2.24, 2.45) is 11.8 Å². The summed E-state index contributed by atoms with van der Waals surface area (Å²) in [5.74, 6) is -0.681. The first-order chi connectivity index (χ1) is 12.1. The Morgan fingerprint density at radius 3 is 2.76 bits per heavy atom. The van der Waals surface area contributed by atoms with Gasteiger partial charge in [-0.05, 0) is 18.9 Å². The van der Waals surface area contributed by atoms with Crippen LogP contribution in [0.25, 0.3) is 0 Å². The van der Waals surface area contributed by atoms with Crippen LogP contribution in [0, 0.1) is 11.8 Å². The summed E-state index contributed by atoms with van der Waals surface area (Å²) in [6, 6.07) is 9.57. The second kappa shape index (κ2) is 7.42. The number of hydrogen-bond acceptors (Lipinski definition) is 5. The Bertz CT molecular complexity index is 710. The summed E-state index contributed by atoms with van der Waals surface area (Å²) in [5, 5.41) is 2.71. The summed E-state index contributed by atoms with van der Waals surface area (Å²) in [6.45, 7) is 2.32. The van der Waals surface area contributed by atoms with Crippen molar-refractivity contribution in [1.82, 2.24) is 5.32 Å². The second-order valence-electron chi connectivity index (χ2n) is 6.13. The number of allylic oxidation sites excluding steroid dienone is 1. The molecular weight excluding hydrogens is 322 g/mol. The molecule has 1 aliphatic heterocycles. The number of nitrogens with one attached hydrogen (secondary N) is 1. The molecule has 1 aromatic rings. The van der Waals surface area contributed by atoms with Crippen molar-refractivity contribution in [1.29, 1.82) is 0 Å². The lowest BCUT2D eigenvalue weighted by Crippen LogP contribution is -2.40. The number of amides is 1. The predicted molar refractivity (Wildman–Crippen MR) is 90.1 cm³/mol. The van der Waals surface area contributed by atoms with Gasteiger partial charge in [0, 0.05) is 12.5 Å². The topological polar surface area (TPSA) is 73.9 Å². The molecule has 6 nitrogen and oxygen atoms in total. The van der Waals surface area contributed by atoms with Crippen molar-refractivity contribution in [2.45, 2.75) is 26.2 Å². The van der Waals surface area contributed by atoms with Crippen LogP contribution in [0.4, 0.5) is 4.79 Å². The maximum atomic E-state index is 12.1. The summed E-state index contributed by atoms with van der Waals surface area (Å²) in [6.07, 6.45) is 2.79. The van der Waals surface area contributed by atoms with Crippen molar-refractivity contribution in [3.8, 4) is 0 Å². The Kier molecular flexibility index (Phi) is 5.07. The van der Waals surface area contributed by atoms with Crippen molar-refractivity contribution in [2.75, 3.05) is 7.11 Å². The Hall–Kier alpha value is -2.76. The molecule has 1 aliphatic carbocycles. The van der Waals surface area contributed by atoms with E-state index in [4.69, 9.17) is 14.2 Å². The van der Waals surface area contributed by atoms with Gasteiger partial charge in [0.05, 0.1) is 24.9 Å². The normalized spacial score (nSPS) is 24.3. The van der Waals surface area contributed by atoms with E-state index in [1.807, 2.05) is 43.3 Å². The van der Waals surface area contributed by atoms with Crippen LogP contribution in [0.15, 0.2) is 53.8 Å². The van der Waals surface area contributed by atoms with Gasteiger partial charge in [-0.1, -0.05) is 42.0 Å². The van der Waals surface area contributed by atoms with E-state index in [1.54, 1.807) is 0 Å². The molecule has 0 bridgehead atoms. The van der Waals surface area contributed by atoms with Crippen molar-refractivity contribution < 1.29 is 23.8 Å². The van der Waals surface area contributed by atoms with E-state index >= 15 is 0 Å². The van der Waals surface area contributed by atoms with Gasteiger partial charge < -0.3 is 19.5 Å². The van der Waals surface area contributed by atoms with Crippen LogP contribution < -0.4 is 5.32 Å². The summed E-state index contributed by atoms with van der Waals surface area (Å²) in [7, 11) is 1.34. The monoisotopic (exact) mass is 343 g/mol. The average molecular weight is 343 g/mol. The van der Waals surface area contributed by atoms with Crippen LogP contribution in [0.5, 0.6) is 0 Å². The summed E-state index contributed by atoms with van der Waals surface area (Å²) >= 11 is 0. The van der Waals surface area contributed by atoms with Gasteiger partial charge in [-0.3, -0.25) is 0 Å². The summed E-state index contributed by atoms with van der Waals surface area (Å²) in [5.41, 5.74) is 2.50. The number of methoxy groups -OCH3 is 1. The molecular formula is C19H21NO5. The lowest BCUT2D eigenvalue weighted by atomic mass is 9.84. The molecule has 6 heteroatoms. The van der Waals surface area contributed by atoms with Crippen LogP contribution in [-0.4, -0.2) is 25.5 Å². The fourth-order valence-electron chi connectivity index (χ4n) is 3.29. The zero-order chi connectivity index (χ0) is 17.8. The fraction of sp³-hybridized carbons (Fsp3) is 0.368. The van der Waals surface area contributed by atoms with Crippen LogP contribution in [0.2, 0.25) is 0 Å². The highest BCUT2D eigenvalue weighted by Gasteiger charge is 2.44. The van der Waals surface area contributed by atoms with E-state index in [9.17, 15) is 9.59 Å². The Morgan fingerprint density at radius 1 is 1.28 bits per heavy atom. The quantitative estimate of drug-likeness (QED) is 0.672. The lowest BCUT2D eigenvalue weighted by Gasteiger charge is -2.33. The van der Waals surface area contributed by atoms with Gasteiger partial charge in [0.1, 0.15) is 0 Å². The third-order valence-electron chi connectivity index (χ3n) is 4.60. The van der Waals surface area contributed by atoms with Gasteiger partial charge in [-0.25, -0.2) is 9.59 Å². The number of benzene rings is 1. The van der Waals surface area contributed by atoms with E-state index in [0.717, 1.165) is 11.1 Å². The standard InChI is InChI=1S/C19H21NO5/c1-12-8-9-14-15(17(21)23-2)11-24-18(16(12)14)25-19(22)20-10-13-6-4-3-5-7-13/h3-8,11,14,16,18H,9-10H2,1-2H3,(H,20,22). The van der Waals surface area contributed by atoms with E-state index < -0.39 is 18.4 Å². The number of ether oxygens (including phenoxy) is 3. The molecule has 1 amide bonds. The molecule has 2 aliphatic rings. The van der Waals surface area contributed by atoms with Crippen LogP contribution >= 0.6 is 0 Å². The van der Waals surface area contributed by atoms with E-state index in [2.05, 4.69) is 5.32 Å². The molecule has 1 aromatic carbocycles. The minimum absolute atomic E-state index is 0.0897. The van der Waals surface area contributed by atoms with Gasteiger partial charge in [-0.15, -0.1) is 0 Å². The molecule has 0 saturated heterocycles. The summed E-state index contributed by atoms with van der Waals surface area (Å²) < 4.78 is 15.8. The third kappa shape index (κ3) is 3.68. The predicted octanol–water partition coefficient (Wildman–Crippen LogP) is 2.91. The summed E-state index contributed by atoms with van der Waals surface area (Å²) in [4.78, 5) is 24.0.